The molecule has 1 saturated heterocycles. The molecule has 0 bridgehead atoms. The SMILES string of the molecule is CCc1onc(C(N)=O)c1-c1ccc(CN2CCOCC2)cc1. The summed E-state index contributed by atoms with van der Waals surface area (Å²) in [6.45, 7) is 6.36. The molecule has 122 valence electrons. The molecule has 3 rings (SSSR count). The first-order valence-electron chi connectivity index (χ1n) is 7.86. The van der Waals surface area contributed by atoms with Crippen LogP contribution in [0.15, 0.2) is 28.8 Å². The van der Waals surface area contributed by atoms with Crippen LogP contribution in [0.4, 0.5) is 0 Å². The van der Waals surface area contributed by atoms with E-state index < -0.39 is 5.91 Å². The van der Waals surface area contributed by atoms with Crippen LogP contribution in [-0.2, 0) is 17.7 Å². The second-order valence-corrected chi connectivity index (χ2v) is 5.63. The van der Waals surface area contributed by atoms with E-state index in [1.54, 1.807) is 0 Å². The van der Waals surface area contributed by atoms with Crippen LogP contribution in [-0.4, -0.2) is 42.3 Å². The van der Waals surface area contributed by atoms with E-state index in [9.17, 15) is 4.79 Å². The monoisotopic (exact) mass is 315 g/mol. The van der Waals surface area contributed by atoms with Crippen molar-refractivity contribution < 1.29 is 14.1 Å². The molecule has 23 heavy (non-hydrogen) atoms. The Bertz CT molecular complexity index is 673. The van der Waals surface area contributed by atoms with Gasteiger partial charge in [-0.25, -0.2) is 0 Å². The van der Waals surface area contributed by atoms with Gasteiger partial charge in [0.1, 0.15) is 5.76 Å². The number of ether oxygens (including phenoxy) is 1. The van der Waals surface area contributed by atoms with Gasteiger partial charge in [0.2, 0.25) is 0 Å². The van der Waals surface area contributed by atoms with Gasteiger partial charge in [0, 0.05) is 26.1 Å². The topological polar surface area (TPSA) is 81.6 Å². The van der Waals surface area contributed by atoms with Gasteiger partial charge < -0.3 is 15.0 Å². The van der Waals surface area contributed by atoms with Crippen LogP contribution in [0.25, 0.3) is 11.1 Å². The Balaban J connectivity index is 1.82. The standard InChI is InChI=1S/C17H21N3O3/c1-2-14-15(16(17(18)21)19-23-14)13-5-3-12(4-6-13)11-20-7-9-22-10-8-20/h3-6H,2,7-11H2,1H3,(H2,18,21). The number of aryl methyl sites for hydroxylation is 1. The zero-order valence-corrected chi connectivity index (χ0v) is 13.2. The molecule has 1 aliphatic heterocycles. The van der Waals surface area contributed by atoms with E-state index in [0.717, 1.165) is 38.4 Å². The van der Waals surface area contributed by atoms with Gasteiger partial charge >= 0.3 is 0 Å². The van der Waals surface area contributed by atoms with Crippen LogP contribution in [0.2, 0.25) is 0 Å². The average molecular weight is 315 g/mol. The Kier molecular flexibility index (Phi) is 4.73. The molecule has 1 aromatic carbocycles. The van der Waals surface area contributed by atoms with E-state index in [0.29, 0.717) is 17.7 Å². The van der Waals surface area contributed by atoms with Crippen molar-refractivity contribution in [3.63, 3.8) is 0 Å². The second-order valence-electron chi connectivity index (χ2n) is 5.63. The first-order chi connectivity index (χ1) is 11.2. The second kappa shape index (κ2) is 6.93. The summed E-state index contributed by atoms with van der Waals surface area (Å²) in [6.07, 6.45) is 0.658. The van der Waals surface area contributed by atoms with E-state index >= 15 is 0 Å². The summed E-state index contributed by atoms with van der Waals surface area (Å²) in [5, 5.41) is 3.81. The van der Waals surface area contributed by atoms with Gasteiger partial charge in [0.15, 0.2) is 5.69 Å². The van der Waals surface area contributed by atoms with E-state index in [1.165, 1.54) is 5.56 Å². The van der Waals surface area contributed by atoms with E-state index in [-0.39, 0.29) is 5.69 Å². The lowest BCUT2D eigenvalue weighted by atomic mass is 10.0. The van der Waals surface area contributed by atoms with Gasteiger partial charge in [0.25, 0.3) is 5.91 Å². The third-order valence-electron chi connectivity index (χ3n) is 4.07. The number of aromatic nitrogens is 1. The van der Waals surface area contributed by atoms with Crippen LogP contribution in [0.3, 0.4) is 0 Å². The molecule has 0 spiro atoms. The summed E-state index contributed by atoms with van der Waals surface area (Å²) in [5.41, 5.74) is 8.43. The predicted molar refractivity (Wildman–Crippen MR) is 85.9 cm³/mol. The van der Waals surface area contributed by atoms with Crippen LogP contribution in [0, 0.1) is 0 Å². The van der Waals surface area contributed by atoms with Crippen molar-refractivity contribution in [2.75, 3.05) is 26.3 Å². The van der Waals surface area contributed by atoms with Gasteiger partial charge in [-0.05, 0) is 11.1 Å². The molecule has 2 N–H and O–H groups in total. The minimum absolute atomic E-state index is 0.197. The fourth-order valence-corrected chi connectivity index (χ4v) is 2.83. The Morgan fingerprint density at radius 3 is 2.57 bits per heavy atom. The lowest BCUT2D eigenvalue weighted by molar-refractivity contribution is 0.0342. The van der Waals surface area contributed by atoms with Crippen molar-refractivity contribution in [2.24, 2.45) is 5.73 Å². The number of morpholine rings is 1. The smallest absolute Gasteiger partial charge is 0.271 e. The van der Waals surface area contributed by atoms with Crippen molar-refractivity contribution in [3.05, 3.63) is 41.3 Å². The molecule has 1 aliphatic rings. The normalized spacial score (nSPS) is 15.7. The van der Waals surface area contributed by atoms with Crippen molar-refractivity contribution in [1.29, 1.82) is 0 Å². The number of carbonyl (C=O) groups excluding carboxylic acids is 1. The molecular formula is C17H21N3O3. The lowest BCUT2D eigenvalue weighted by Gasteiger charge is -2.26. The summed E-state index contributed by atoms with van der Waals surface area (Å²) >= 11 is 0. The molecule has 2 aromatic rings. The van der Waals surface area contributed by atoms with Crippen molar-refractivity contribution in [1.82, 2.24) is 10.1 Å². The molecule has 0 aliphatic carbocycles. The number of primary amides is 1. The van der Waals surface area contributed by atoms with Gasteiger partial charge in [-0.1, -0.05) is 36.3 Å². The Morgan fingerprint density at radius 2 is 1.96 bits per heavy atom. The minimum Gasteiger partial charge on any atom is -0.379 e. The molecule has 2 heterocycles. The van der Waals surface area contributed by atoms with E-state index in [1.807, 2.05) is 19.1 Å². The Morgan fingerprint density at radius 1 is 1.26 bits per heavy atom. The highest BCUT2D eigenvalue weighted by molar-refractivity contribution is 5.98. The van der Waals surface area contributed by atoms with Gasteiger partial charge in [0.05, 0.1) is 18.8 Å². The van der Waals surface area contributed by atoms with Gasteiger partial charge in [-0.2, -0.15) is 0 Å². The number of benzene rings is 1. The number of carbonyl (C=O) groups is 1. The number of rotatable bonds is 5. The number of hydrogen-bond donors (Lipinski definition) is 1. The van der Waals surface area contributed by atoms with Gasteiger partial charge in [-0.3, -0.25) is 9.69 Å². The summed E-state index contributed by atoms with van der Waals surface area (Å²) in [4.78, 5) is 13.9. The number of amides is 1. The first kappa shape index (κ1) is 15.7. The highest BCUT2D eigenvalue weighted by Crippen LogP contribution is 2.28. The fourth-order valence-electron chi connectivity index (χ4n) is 2.83. The van der Waals surface area contributed by atoms with Crippen molar-refractivity contribution in [2.45, 2.75) is 19.9 Å². The van der Waals surface area contributed by atoms with Crippen LogP contribution in [0.5, 0.6) is 0 Å². The molecule has 1 fully saturated rings. The van der Waals surface area contributed by atoms with Crippen LogP contribution < -0.4 is 5.73 Å². The van der Waals surface area contributed by atoms with E-state index in [2.05, 4.69) is 22.2 Å². The summed E-state index contributed by atoms with van der Waals surface area (Å²) in [7, 11) is 0. The largest absolute Gasteiger partial charge is 0.379 e. The maximum Gasteiger partial charge on any atom is 0.271 e. The zero-order valence-electron chi connectivity index (χ0n) is 13.2. The molecule has 0 saturated carbocycles. The summed E-state index contributed by atoms with van der Waals surface area (Å²) in [6, 6.07) is 8.13. The molecule has 6 heteroatoms. The molecule has 0 radical (unpaired) electrons. The predicted octanol–water partition coefficient (Wildman–Crippen LogP) is 1.84. The summed E-state index contributed by atoms with van der Waals surface area (Å²) < 4.78 is 10.6. The molecular weight excluding hydrogens is 294 g/mol. The first-order valence-corrected chi connectivity index (χ1v) is 7.86. The molecule has 1 amide bonds. The molecule has 0 unspecified atom stereocenters. The highest BCUT2D eigenvalue weighted by atomic mass is 16.5. The Hall–Kier alpha value is -2.18. The summed E-state index contributed by atoms with van der Waals surface area (Å²) in [5.74, 6) is 0.112. The van der Waals surface area contributed by atoms with E-state index in [4.69, 9.17) is 15.0 Å². The van der Waals surface area contributed by atoms with Crippen LogP contribution in [0.1, 0.15) is 28.7 Å². The Labute approximate surface area is 135 Å². The third-order valence-corrected chi connectivity index (χ3v) is 4.07. The molecule has 0 atom stereocenters. The third kappa shape index (κ3) is 3.43. The minimum atomic E-state index is -0.569. The van der Waals surface area contributed by atoms with Gasteiger partial charge in [-0.15, -0.1) is 0 Å². The maximum absolute atomic E-state index is 11.5. The highest BCUT2D eigenvalue weighted by Gasteiger charge is 2.20. The fraction of sp³-hybridized carbons (Fsp3) is 0.412. The molecule has 1 aromatic heterocycles. The van der Waals surface area contributed by atoms with Crippen LogP contribution >= 0.6 is 0 Å². The molecule has 6 nitrogen and oxygen atoms in total. The number of hydrogen-bond acceptors (Lipinski definition) is 5. The quantitative estimate of drug-likeness (QED) is 0.910. The number of nitrogens with two attached hydrogens (primary N) is 1. The maximum atomic E-state index is 11.5. The average Bonchev–Trinajstić information content (AvgIpc) is 3.01. The zero-order chi connectivity index (χ0) is 16.2. The lowest BCUT2D eigenvalue weighted by Crippen LogP contribution is -2.35. The number of nitrogens with zero attached hydrogens (tertiary/aromatic N) is 2. The van der Waals surface area contributed by atoms with Crippen molar-refractivity contribution in [3.8, 4) is 11.1 Å². The van der Waals surface area contributed by atoms with Crippen molar-refractivity contribution >= 4 is 5.91 Å².